The molecule has 1 amide bonds. The van der Waals surface area contributed by atoms with Crippen LogP contribution in [-0.4, -0.2) is 22.5 Å². The maximum atomic E-state index is 12.8. The van der Waals surface area contributed by atoms with Crippen molar-refractivity contribution < 1.29 is 14.3 Å². The number of carbonyl (C=O) groups excluding carboxylic acids is 1. The number of carbonyl (C=O) groups is 1. The molecule has 1 aromatic heterocycles. The lowest BCUT2D eigenvalue weighted by atomic mass is 10.1. The van der Waals surface area contributed by atoms with Gasteiger partial charge < -0.3 is 10.4 Å². The van der Waals surface area contributed by atoms with Crippen molar-refractivity contribution in [3.8, 4) is 0 Å². The summed E-state index contributed by atoms with van der Waals surface area (Å²) in [6, 6.07) is 13.5. The average Bonchev–Trinajstić information content (AvgIpc) is 3.01. The number of thiazole rings is 1. The second-order valence-corrected chi connectivity index (χ2v) is 6.56. The number of aliphatic hydroxyl groups is 1. The lowest BCUT2D eigenvalue weighted by molar-refractivity contribution is -0.121. The number of hydrogen-bond donors (Lipinski definition) is 2. The Morgan fingerprint density at radius 3 is 2.71 bits per heavy atom. The van der Waals surface area contributed by atoms with Crippen molar-refractivity contribution in [1.82, 2.24) is 10.3 Å². The fraction of sp³-hybridized carbons (Fsp3) is 0.222. The third-order valence-electron chi connectivity index (χ3n) is 3.65. The number of nitrogens with one attached hydrogen (secondary N) is 1. The predicted molar refractivity (Wildman–Crippen MR) is 92.3 cm³/mol. The van der Waals surface area contributed by atoms with Gasteiger partial charge in [0.25, 0.3) is 0 Å². The maximum Gasteiger partial charge on any atom is 0.220 e. The molecule has 1 atom stereocenters. The summed E-state index contributed by atoms with van der Waals surface area (Å²) in [6.07, 6.45) is 0.0327. The number of halogens is 1. The lowest BCUT2D eigenvalue weighted by Gasteiger charge is -2.12. The van der Waals surface area contributed by atoms with Crippen LogP contribution >= 0.6 is 11.3 Å². The summed E-state index contributed by atoms with van der Waals surface area (Å²) in [4.78, 5) is 16.4. The van der Waals surface area contributed by atoms with Gasteiger partial charge in [-0.05, 0) is 29.8 Å². The average molecular weight is 344 g/mol. The molecular formula is C18H17FN2O2S. The molecule has 0 aliphatic rings. The molecule has 0 aliphatic heterocycles. The SMILES string of the molecule is O=C(CCc1nc2ccccc2s1)NCC(O)c1ccc(F)cc1. The van der Waals surface area contributed by atoms with Crippen LogP contribution < -0.4 is 5.32 Å². The van der Waals surface area contributed by atoms with Crippen LogP contribution in [0.1, 0.15) is 23.1 Å². The number of hydrogen-bond acceptors (Lipinski definition) is 4. The number of amides is 1. The molecule has 0 spiro atoms. The van der Waals surface area contributed by atoms with Gasteiger partial charge in [-0.1, -0.05) is 24.3 Å². The van der Waals surface area contributed by atoms with Crippen molar-refractivity contribution in [3.63, 3.8) is 0 Å². The fourth-order valence-electron chi connectivity index (χ4n) is 2.35. The molecule has 2 aromatic carbocycles. The zero-order valence-electron chi connectivity index (χ0n) is 12.9. The smallest absolute Gasteiger partial charge is 0.220 e. The highest BCUT2D eigenvalue weighted by Gasteiger charge is 2.11. The van der Waals surface area contributed by atoms with E-state index in [4.69, 9.17) is 0 Å². The highest BCUT2D eigenvalue weighted by atomic mass is 32.1. The summed E-state index contributed by atoms with van der Waals surface area (Å²) in [6.45, 7) is 0.101. The van der Waals surface area contributed by atoms with Gasteiger partial charge in [0.2, 0.25) is 5.91 Å². The van der Waals surface area contributed by atoms with Gasteiger partial charge in [-0.15, -0.1) is 11.3 Å². The molecule has 6 heteroatoms. The minimum absolute atomic E-state index is 0.101. The molecular weight excluding hydrogens is 327 g/mol. The second kappa shape index (κ2) is 7.51. The van der Waals surface area contributed by atoms with Crippen molar-refractivity contribution in [2.75, 3.05) is 6.54 Å². The Morgan fingerprint density at radius 2 is 1.96 bits per heavy atom. The van der Waals surface area contributed by atoms with Crippen LogP contribution in [0.3, 0.4) is 0 Å². The summed E-state index contributed by atoms with van der Waals surface area (Å²) >= 11 is 1.59. The summed E-state index contributed by atoms with van der Waals surface area (Å²) in [5.41, 5.74) is 1.52. The topological polar surface area (TPSA) is 62.2 Å². The number of fused-ring (bicyclic) bond motifs is 1. The Balaban J connectivity index is 1.47. The standard InChI is InChI=1S/C18H17FN2O2S/c19-13-7-5-12(6-8-13)15(22)11-20-17(23)9-10-18-21-14-3-1-2-4-16(14)24-18/h1-8,15,22H,9-11H2,(H,20,23). The second-order valence-electron chi connectivity index (χ2n) is 5.45. The van der Waals surface area contributed by atoms with Gasteiger partial charge in [0.05, 0.1) is 21.3 Å². The van der Waals surface area contributed by atoms with Crippen LogP contribution in [-0.2, 0) is 11.2 Å². The van der Waals surface area contributed by atoms with E-state index in [1.165, 1.54) is 24.3 Å². The van der Waals surface area contributed by atoms with Gasteiger partial charge in [0.1, 0.15) is 5.82 Å². The highest BCUT2D eigenvalue weighted by molar-refractivity contribution is 7.18. The van der Waals surface area contributed by atoms with Crippen molar-refractivity contribution in [2.24, 2.45) is 0 Å². The third-order valence-corrected chi connectivity index (χ3v) is 4.75. The Morgan fingerprint density at radius 1 is 1.21 bits per heavy atom. The minimum Gasteiger partial charge on any atom is -0.387 e. The number of benzene rings is 2. The van der Waals surface area contributed by atoms with Gasteiger partial charge in [0.15, 0.2) is 0 Å². The number of nitrogens with zero attached hydrogens (tertiary/aromatic N) is 1. The molecule has 24 heavy (non-hydrogen) atoms. The van der Waals surface area contributed by atoms with Crippen LogP contribution in [0.15, 0.2) is 48.5 Å². The molecule has 0 saturated heterocycles. The first kappa shape index (κ1) is 16.5. The molecule has 4 nitrogen and oxygen atoms in total. The highest BCUT2D eigenvalue weighted by Crippen LogP contribution is 2.22. The van der Waals surface area contributed by atoms with Gasteiger partial charge >= 0.3 is 0 Å². The van der Waals surface area contributed by atoms with E-state index in [2.05, 4.69) is 10.3 Å². The van der Waals surface area contributed by atoms with Gasteiger partial charge in [0, 0.05) is 19.4 Å². The summed E-state index contributed by atoms with van der Waals surface area (Å²) in [5, 5.41) is 13.6. The first-order valence-electron chi connectivity index (χ1n) is 7.66. The lowest BCUT2D eigenvalue weighted by Crippen LogP contribution is -2.28. The Hall–Kier alpha value is -2.31. The molecule has 3 aromatic rings. The fourth-order valence-corrected chi connectivity index (χ4v) is 3.32. The first-order valence-corrected chi connectivity index (χ1v) is 8.48. The number of para-hydroxylation sites is 1. The van der Waals surface area contributed by atoms with E-state index in [0.29, 0.717) is 18.4 Å². The monoisotopic (exact) mass is 344 g/mol. The number of rotatable bonds is 6. The van der Waals surface area contributed by atoms with Crippen LogP contribution in [0.2, 0.25) is 0 Å². The predicted octanol–water partition coefficient (Wildman–Crippen LogP) is 3.22. The van der Waals surface area contributed by atoms with E-state index in [-0.39, 0.29) is 18.3 Å². The van der Waals surface area contributed by atoms with E-state index < -0.39 is 6.10 Å². The quantitative estimate of drug-likeness (QED) is 0.722. The maximum absolute atomic E-state index is 12.8. The number of aryl methyl sites for hydroxylation is 1. The molecule has 0 saturated carbocycles. The van der Waals surface area contributed by atoms with Crippen molar-refractivity contribution in [2.45, 2.75) is 18.9 Å². The first-order chi connectivity index (χ1) is 11.6. The Kier molecular flexibility index (Phi) is 5.17. The minimum atomic E-state index is -0.850. The van der Waals surface area contributed by atoms with Gasteiger partial charge in [-0.3, -0.25) is 4.79 Å². The molecule has 1 heterocycles. The molecule has 0 radical (unpaired) electrons. The van der Waals surface area contributed by atoms with Gasteiger partial charge in [-0.25, -0.2) is 9.37 Å². The largest absolute Gasteiger partial charge is 0.387 e. The van der Waals surface area contributed by atoms with Gasteiger partial charge in [-0.2, -0.15) is 0 Å². The Bertz CT molecular complexity index is 799. The molecule has 0 bridgehead atoms. The number of aliphatic hydroxyl groups excluding tert-OH is 1. The Labute approximate surface area is 143 Å². The van der Waals surface area contributed by atoms with E-state index in [0.717, 1.165) is 15.2 Å². The molecule has 1 unspecified atom stereocenters. The summed E-state index contributed by atoms with van der Waals surface area (Å²) in [5.74, 6) is -0.499. The van der Waals surface area contributed by atoms with Crippen LogP contribution in [0.25, 0.3) is 10.2 Å². The molecule has 0 fully saturated rings. The van der Waals surface area contributed by atoms with E-state index in [1.54, 1.807) is 11.3 Å². The van der Waals surface area contributed by atoms with Crippen LogP contribution in [0, 0.1) is 5.82 Å². The molecule has 124 valence electrons. The summed E-state index contributed by atoms with van der Waals surface area (Å²) < 4.78 is 14.0. The zero-order valence-corrected chi connectivity index (χ0v) is 13.7. The number of aromatic nitrogens is 1. The summed E-state index contributed by atoms with van der Waals surface area (Å²) in [7, 11) is 0. The van der Waals surface area contributed by atoms with Crippen LogP contribution in [0.4, 0.5) is 4.39 Å². The van der Waals surface area contributed by atoms with Crippen LogP contribution in [0.5, 0.6) is 0 Å². The van der Waals surface area contributed by atoms with E-state index in [1.807, 2.05) is 24.3 Å². The molecule has 2 N–H and O–H groups in total. The van der Waals surface area contributed by atoms with Crippen molar-refractivity contribution in [3.05, 3.63) is 64.9 Å². The molecule has 3 rings (SSSR count). The molecule has 0 aliphatic carbocycles. The third kappa shape index (κ3) is 4.15. The van der Waals surface area contributed by atoms with E-state index in [9.17, 15) is 14.3 Å². The zero-order chi connectivity index (χ0) is 16.9. The van der Waals surface area contributed by atoms with Crippen molar-refractivity contribution >= 4 is 27.5 Å². The van der Waals surface area contributed by atoms with Crippen molar-refractivity contribution in [1.29, 1.82) is 0 Å². The normalized spacial score (nSPS) is 12.2. The van der Waals surface area contributed by atoms with E-state index >= 15 is 0 Å².